The van der Waals surface area contributed by atoms with E-state index in [-0.39, 0.29) is 11.8 Å². The van der Waals surface area contributed by atoms with Crippen molar-refractivity contribution in [3.63, 3.8) is 0 Å². The summed E-state index contributed by atoms with van der Waals surface area (Å²) in [4.78, 5) is 14.1. The Morgan fingerprint density at radius 2 is 2.47 bits per heavy atom. The van der Waals surface area contributed by atoms with Crippen molar-refractivity contribution in [2.24, 2.45) is 5.92 Å². The van der Waals surface area contributed by atoms with Gasteiger partial charge < -0.3 is 9.84 Å². The number of nitrogens with zero attached hydrogens (tertiary/aromatic N) is 2. The molecule has 0 aromatic carbocycles. The number of carbonyl (C=O) groups is 1. The number of hydrogen-bond donors (Lipinski definition) is 1. The molecule has 102 valence electrons. The minimum Gasteiger partial charge on any atom is -0.338 e. The van der Waals surface area contributed by atoms with Gasteiger partial charge >= 0.3 is 0 Å². The van der Waals surface area contributed by atoms with Crippen molar-refractivity contribution in [2.75, 3.05) is 11.4 Å². The molecule has 1 amide bonds. The first-order chi connectivity index (χ1) is 9.20. The van der Waals surface area contributed by atoms with Gasteiger partial charge in [0.2, 0.25) is 11.8 Å². The molecule has 1 aromatic heterocycles. The maximum absolute atomic E-state index is 12.3. The Hall–Kier alpha value is -1.62. The summed E-state index contributed by atoms with van der Waals surface area (Å²) in [5.74, 6) is 0.831. The Balaban J connectivity index is 1.84. The molecule has 0 spiro atoms. The summed E-state index contributed by atoms with van der Waals surface area (Å²) < 4.78 is 5.44. The number of aromatic nitrogens is 1. The lowest BCUT2D eigenvalue weighted by molar-refractivity contribution is -0.120. The van der Waals surface area contributed by atoms with Crippen molar-refractivity contribution >= 4 is 11.8 Å². The zero-order valence-corrected chi connectivity index (χ0v) is 11.2. The Bertz CT molecular complexity index is 509. The van der Waals surface area contributed by atoms with E-state index in [4.69, 9.17) is 4.52 Å². The monoisotopic (exact) mass is 261 g/mol. The second-order valence-electron chi connectivity index (χ2n) is 5.40. The third kappa shape index (κ3) is 2.08. The molecular formula is C14H19N3O2. The molecule has 0 aliphatic carbocycles. The topological polar surface area (TPSA) is 58.4 Å². The van der Waals surface area contributed by atoms with Gasteiger partial charge in [-0.2, -0.15) is 0 Å². The van der Waals surface area contributed by atoms with Gasteiger partial charge in [-0.05, 0) is 19.8 Å². The molecule has 2 unspecified atom stereocenters. The summed E-state index contributed by atoms with van der Waals surface area (Å²) >= 11 is 0. The molecule has 5 heteroatoms. The summed E-state index contributed by atoms with van der Waals surface area (Å²) in [6.07, 6.45) is 4.27. The quantitative estimate of drug-likeness (QED) is 0.840. The normalized spacial score (nSPS) is 26.6. The van der Waals surface area contributed by atoms with E-state index >= 15 is 0 Å². The van der Waals surface area contributed by atoms with E-state index in [2.05, 4.69) is 24.0 Å². The second kappa shape index (κ2) is 4.81. The molecule has 2 aliphatic heterocycles. The van der Waals surface area contributed by atoms with Gasteiger partial charge in [0.05, 0.1) is 11.3 Å². The number of allylic oxidation sites excluding steroid dienone is 1. The number of rotatable bonds is 3. The van der Waals surface area contributed by atoms with E-state index in [0.717, 1.165) is 37.1 Å². The van der Waals surface area contributed by atoms with Crippen LogP contribution >= 0.6 is 0 Å². The minimum absolute atomic E-state index is 0.0497. The highest BCUT2D eigenvalue weighted by Crippen LogP contribution is 2.33. The minimum atomic E-state index is 0.0497. The van der Waals surface area contributed by atoms with Crippen molar-refractivity contribution in [3.05, 3.63) is 23.9 Å². The van der Waals surface area contributed by atoms with Crippen molar-refractivity contribution in [3.8, 4) is 0 Å². The van der Waals surface area contributed by atoms with Crippen molar-refractivity contribution in [2.45, 2.75) is 38.8 Å². The summed E-state index contributed by atoms with van der Waals surface area (Å²) in [5.41, 5.74) is 2.03. The van der Waals surface area contributed by atoms with Crippen molar-refractivity contribution < 1.29 is 9.32 Å². The standard InChI is InChI=1S/C14H19N3O2/c1-3-4-10-5-6-17(13(10)18)14-11-8-15-9(2)7-12(11)16-19-14/h3,9-10,15H,1,4-8H2,2H3. The van der Waals surface area contributed by atoms with Crippen molar-refractivity contribution in [1.29, 1.82) is 0 Å². The number of hydrogen-bond acceptors (Lipinski definition) is 4. The first-order valence-corrected chi connectivity index (χ1v) is 6.83. The zero-order chi connectivity index (χ0) is 13.4. The van der Waals surface area contributed by atoms with E-state index in [0.29, 0.717) is 18.5 Å². The Morgan fingerprint density at radius 1 is 1.63 bits per heavy atom. The van der Waals surface area contributed by atoms with Gasteiger partial charge in [-0.3, -0.25) is 9.69 Å². The fraction of sp³-hybridized carbons (Fsp3) is 0.571. The highest BCUT2D eigenvalue weighted by atomic mass is 16.5. The van der Waals surface area contributed by atoms with E-state index < -0.39 is 0 Å². The molecule has 5 nitrogen and oxygen atoms in total. The molecule has 0 radical (unpaired) electrons. The molecule has 0 saturated carbocycles. The first kappa shape index (κ1) is 12.4. The van der Waals surface area contributed by atoms with Crippen LogP contribution in [0.15, 0.2) is 17.2 Å². The summed E-state index contributed by atoms with van der Waals surface area (Å²) in [5, 5.41) is 7.51. The summed E-state index contributed by atoms with van der Waals surface area (Å²) in [6.45, 7) is 7.28. The third-order valence-electron chi connectivity index (χ3n) is 3.99. The van der Waals surface area contributed by atoms with Crippen LogP contribution in [-0.4, -0.2) is 23.7 Å². The largest absolute Gasteiger partial charge is 0.338 e. The van der Waals surface area contributed by atoms with E-state index in [1.807, 2.05) is 6.08 Å². The van der Waals surface area contributed by atoms with Gasteiger partial charge in [0.25, 0.3) is 0 Å². The fourth-order valence-corrected chi connectivity index (χ4v) is 2.88. The molecule has 1 fully saturated rings. The van der Waals surface area contributed by atoms with Gasteiger partial charge in [0.15, 0.2) is 0 Å². The Labute approximate surface area is 112 Å². The van der Waals surface area contributed by atoms with Gasteiger partial charge in [0, 0.05) is 31.5 Å². The van der Waals surface area contributed by atoms with E-state index in [1.54, 1.807) is 4.90 Å². The maximum Gasteiger partial charge on any atom is 0.238 e. The van der Waals surface area contributed by atoms with Crippen LogP contribution in [-0.2, 0) is 17.8 Å². The molecule has 1 saturated heterocycles. The molecule has 19 heavy (non-hydrogen) atoms. The lowest BCUT2D eigenvalue weighted by atomic mass is 10.0. The van der Waals surface area contributed by atoms with Crippen LogP contribution in [0.1, 0.15) is 31.0 Å². The van der Waals surface area contributed by atoms with Crippen LogP contribution in [0.25, 0.3) is 0 Å². The zero-order valence-electron chi connectivity index (χ0n) is 11.2. The average Bonchev–Trinajstić information content (AvgIpc) is 2.94. The molecule has 1 aromatic rings. The van der Waals surface area contributed by atoms with Crippen LogP contribution < -0.4 is 10.2 Å². The van der Waals surface area contributed by atoms with Crippen LogP contribution in [0.4, 0.5) is 5.88 Å². The molecule has 0 bridgehead atoms. The van der Waals surface area contributed by atoms with Crippen LogP contribution in [0, 0.1) is 5.92 Å². The lowest BCUT2D eigenvalue weighted by Crippen LogP contribution is -2.34. The van der Waals surface area contributed by atoms with E-state index in [9.17, 15) is 4.79 Å². The number of amides is 1. The Morgan fingerprint density at radius 3 is 3.26 bits per heavy atom. The maximum atomic E-state index is 12.3. The number of fused-ring (bicyclic) bond motifs is 1. The molecule has 2 aliphatic rings. The molecule has 2 atom stereocenters. The lowest BCUT2D eigenvalue weighted by Gasteiger charge is -2.20. The van der Waals surface area contributed by atoms with Gasteiger partial charge in [-0.15, -0.1) is 6.58 Å². The highest BCUT2D eigenvalue weighted by molar-refractivity contribution is 5.96. The summed E-state index contributed by atoms with van der Waals surface area (Å²) in [6, 6.07) is 0.410. The fourth-order valence-electron chi connectivity index (χ4n) is 2.88. The smallest absolute Gasteiger partial charge is 0.238 e. The summed E-state index contributed by atoms with van der Waals surface area (Å²) in [7, 11) is 0. The molecule has 3 rings (SSSR count). The average molecular weight is 261 g/mol. The predicted molar refractivity (Wildman–Crippen MR) is 71.8 cm³/mol. The first-order valence-electron chi connectivity index (χ1n) is 6.83. The SMILES string of the molecule is C=CCC1CCN(c2onc3c2CNC(C)C3)C1=O. The molecular weight excluding hydrogens is 242 g/mol. The van der Waals surface area contributed by atoms with Gasteiger partial charge in [-0.1, -0.05) is 11.2 Å². The van der Waals surface area contributed by atoms with Crippen LogP contribution in [0.5, 0.6) is 0 Å². The van der Waals surface area contributed by atoms with Crippen LogP contribution in [0.2, 0.25) is 0 Å². The number of carbonyl (C=O) groups excluding carboxylic acids is 1. The second-order valence-corrected chi connectivity index (χ2v) is 5.40. The molecule has 1 N–H and O–H groups in total. The number of nitrogens with one attached hydrogen (secondary N) is 1. The van der Waals surface area contributed by atoms with Gasteiger partial charge in [-0.25, -0.2) is 0 Å². The number of anilines is 1. The Kier molecular flexibility index (Phi) is 3.14. The third-order valence-corrected chi connectivity index (χ3v) is 3.99. The molecule has 3 heterocycles. The van der Waals surface area contributed by atoms with Crippen molar-refractivity contribution in [1.82, 2.24) is 10.5 Å². The highest BCUT2D eigenvalue weighted by Gasteiger charge is 2.36. The predicted octanol–water partition coefficient (Wildman–Crippen LogP) is 1.64. The van der Waals surface area contributed by atoms with Crippen LogP contribution in [0.3, 0.4) is 0 Å². The van der Waals surface area contributed by atoms with E-state index in [1.165, 1.54) is 0 Å². The van der Waals surface area contributed by atoms with Gasteiger partial charge in [0.1, 0.15) is 0 Å².